The van der Waals surface area contributed by atoms with E-state index in [1.165, 1.54) is 0 Å². The number of aromatic nitrogens is 1. The molecule has 0 spiro atoms. The van der Waals surface area contributed by atoms with Gasteiger partial charge in [-0.1, -0.05) is 20.8 Å². The zero-order valence-electron chi connectivity index (χ0n) is 12.3. The first-order valence-electron chi connectivity index (χ1n) is 7.21. The summed E-state index contributed by atoms with van der Waals surface area (Å²) >= 11 is 0. The van der Waals surface area contributed by atoms with Crippen molar-refractivity contribution in [2.45, 2.75) is 39.7 Å². The maximum absolute atomic E-state index is 5.57. The molecule has 0 bridgehead atoms. The lowest BCUT2D eigenvalue weighted by molar-refractivity contribution is 0.100. The Morgan fingerprint density at radius 3 is 2.58 bits per heavy atom. The van der Waals surface area contributed by atoms with Crippen LogP contribution in [0.3, 0.4) is 0 Å². The molecule has 0 saturated carbocycles. The zero-order valence-corrected chi connectivity index (χ0v) is 12.3. The Bertz CT molecular complexity index is 327. The molecule has 0 radical (unpaired) electrons. The molecule has 1 rings (SSSR count). The fourth-order valence-corrected chi connectivity index (χ4v) is 1.85. The van der Waals surface area contributed by atoms with Crippen molar-refractivity contribution >= 4 is 0 Å². The average molecular weight is 266 g/mol. The van der Waals surface area contributed by atoms with E-state index in [0.29, 0.717) is 19.3 Å². The lowest BCUT2D eigenvalue weighted by atomic mass is 10.1. The van der Waals surface area contributed by atoms with Gasteiger partial charge in [0.1, 0.15) is 12.4 Å². The fraction of sp³-hybridized carbons (Fsp3) is 0.667. The summed E-state index contributed by atoms with van der Waals surface area (Å²) in [5.41, 5.74) is 1.07. The molecule has 0 saturated heterocycles. The molecule has 4 nitrogen and oxygen atoms in total. The van der Waals surface area contributed by atoms with Crippen molar-refractivity contribution in [1.29, 1.82) is 0 Å². The maximum atomic E-state index is 5.57. The minimum Gasteiger partial charge on any atom is -0.490 e. The molecule has 0 aliphatic heterocycles. The minimum atomic E-state index is 0.326. The number of ether oxygens (including phenoxy) is 2. The summed E-state index contributed by atoms with van der Waals surface area (Å²) in [7, 11) is 0. The molecule has 1 N–H and O–H groups in total. The van der Waals surface area contributed by atoms with Crippen LogP contribution in [0.2, 0.25) is 0 Å². The average Bonchev–Trinajstić information content (AvgIpc) is 2.45. The Labute approximate surface area is 116 Å². The van der Waals surface area contributed by atoms with Gasteiger partial charge < -0.3 is 14.8 Å². The number of nitrogens with one attached hydrogen (secondary N) is 1. The Hall–Kier alpha value is -1.13. The van der Waals surface area contributed by atoms with Gasteiger partial charge in [0, 0.05) is 12.6 Å². The zero-order chi connectivity index (χ0) is 13.9. The first kappa shape index (κ1) is 15.9. The predicted molar refractivity (Wildman–Crippen MR) is 77.6 cm³/mol. The van der Waals surface area contributed by atoms with Gasteiger partial charge in [0.2, 0.25) is 0 Å². The molecule has 0 fully saturated rings. The van der Waals surface area contributed by atoms with Gasteiger partial charge in [0.15, 0.2) is 0 Å². The number of hydrogen-bond donors (Lipinski definition) is 1. The van der Waals surface area contributed by atoms with Crippen molar-refractivity contribution in [3.63, 3.8) is 0 Å². The molecule has 0 aromatic carbocycles. The van der Waals surface area contributed by atoms with Crippen LogP contribution in [0.5, 0.6) is 5.75 Å². The van der Waals surface area contributed by atoms with Gasteiger partial charge >= 0.3 is 0 Å². The monoisotopic (exact) mass is 266 g/mol. The summed E-state index contributed by atoms with van der Waals surface area (Å²) < 4.78 is 10.9. The van der Waals surface area contributed by atoms with Crippen LogP contribution in [0.15, 0.2) is 18.3 Å². The first-order chi connectivity index (χ1) is 9.31. The van der Waals surface area contributed by atoms with Crippen LogP contribution in [0.25, 0.3) is 0 Å². The normalized spacial score (nSPS) is 12.4. The summed E-state index contributed by atoms with van der Waals surface area (Å²) in [4.78, 5) is 4.46. The molecule has 1 atom stereocenters. The third-order valence-corrected chi connectivity index (χ3v) is 2.82. The standard InChI is InChI=1S/C15H26N2O2/c1-4-9-18-10-11-19-13-7-8-15(17-12-13)14(5-2)16-6-3/h7-8,12,14,16H,4-6,9-11H2,1-3H3. The van der Waals surface area contributed by atoms with Crippen molar-refractivity contribution < 1.29 is 9.47 Å². The van der Waals surface area contributed by atoms with Crippen molar-refractivity contribution in [2.24, 2.45) is 0 Å². The van der Waals surface area contributed by atoms with Crippen LogP contribution in [0.4, 0.5) is 0 Å². The highest BCUT2D eigenvalue weighted by atomic mass is 16.5. The highest BCUT2D eigenvalue weighted by Crippen LogP contribution is 2.17. The lowest BCUT2D eigenvalue weighted by Crippen LogP contribution is -2.21. The Balaban J connectivity index is 2.38. The number of hydrogen-bond acceptors (Lipinski definition) is 4. The molecule has 19 heavy (non-hydrogen) atoms. The SMILES string of the molecule is CCCOCCOc1ccc(C(CC)NCC)nc1. The molecule has 0 aliphatic carbocycles. The molecule has 1 aromatic heterocycles. The van der Waals surface area contributed by atoms with E-state index in [0.717, 1.165) is 37.4 Å². The second-order valence-corrected chi connectivity index (χ2v) is 4.40. The van der Waals surface area contributed by atoms with Crippen LogP contribution in [-0.4, -0.2) is 31.3 Å². The summed E-state index contributed by atoms with van der Waals surface area (Å²) in [6.07, 6.45) is 3.86. The number of pyridine rings is 1. The molecule has 1 heterocycles. The lowest BCUT2D eigenvalue weighted by Gasteiger charge is -2.15. The van der Waals surface area contributed by atoms with Crippen molar-refractivity contribution in [1.82, 2.24) is 10.3 Å². The Morgan fingerprint density at radius 1 is 1.16 bits per heavy atom. The van der Waals surface area contributed by atoms with Gasteiger partial charge in [-0.25, -0.2) is 0 Å². The van der Waals surface area contributed by atoms with Crippen molar-refractivity contribution in [2.75, 3.05) is 26.4 Å². The van der Waals surface area contributed by atoms with Crippen LogP contribution in [0, 0.1) is 0 Å². The van der Waals surface area contributed by atoms with Gasteiger partial charge in [0.05, 0.1) is 18.5 Å². The van der Waals surface area contributed by atoms with E-state index in [1.54, 1.807) is 6.20 Å². The highest BCUT2D eigenvalue weighted by Gasteiger charge is 2.08. The van der Waals surface area contributed by atoms with E-state index < -0.39 is 0 Å². The molecule has 1 aromatic rings. The van der Waals surface area contributed by atoms with Crippen molar-refractivity contribution in [3.05, 3.63) is 24.0 Å². The van der Waals surface area contributed by atoms with Gasteiger partial charge in [0.25, 0.3) is 0 Å². The molecule has 1 unspecified atom stereocenters. The van der Waals surface area contributed by atoms with E-state index in [9.17, 15) is 0 Å². The third-order valence-electron chi connectivity index (χ3n) is 2.82. The molecule has 0 aliphatic rings. The Morgan fingerprint density at radius 2 is 2.00 bits per heavy atom. The number of nitrogens with zero attached hydrogens (tertiary/aromatic N) is 1. The molecule has 108 valence electrons. The second kappa shape index (κ2) is 9.75. The summed E-state index contributed by atoms with van der Waals surface area (Å²) in [5, 5.41) is 3.41. The van der Waals surface area contributed by atoms with Crippen LogP contribution >= 0.6 is 0 Å². The second-order valence-electron chi connectivity index (χ2n) is 4.40. The minimum absolute atomic E-state index is 0.326. The van der Waals surface area contributed by atoms with Gasteiger partial charge in [-0.15, -0.1) is 0 Å². The summed E-state index contributed by atoms with van der Waals surface area (Å²) in [6.45, 7) is 9.31. The van der Waals surface area contributed by atoms with Crippen molar-refractivity contribution in [3.8, 4) is 5.75 Å². The van der Waals surface area contributed by atoms with E-state index >= 15 is 0 Å². The molecular formula is C15H26N2O2. The predicted octanol–water partition coefficient (Wildman–Crippen LogP) is 2.95. The van der Waals surface area contributed by atoms with Crippen LogP contribution < -0.4 is 10.1 Å². The van der Waals surface area contributed by atoms with E-state index in [1.807, 2.05) is 12.1 Å². The van der Waals surface area contributed by atoms with Crippen LogP contribution in [-0.2, 0) is 4.74 Å². The smallest absolute Gasteiger partial charge is 0.137 e. The van der Waals surface area contributed by atoms with E-state index in [4.69, 9.17) is 9.47 Å². The quantitative estimate of drug-likeness (QED) is 0.661. The Kier molecular flexibility index (Phi) is 8.18. The molecule has 4 heteroatoms. The molecule has 0 amide bonds. The van der Waals surface area contributed by atoms with Crippen LogP contribution in [0.1, 0.15) is 45.3 Å². The highest BCUT2D eigenvalue weighted by molar-refractivity contribution is 5.21. The summed E-state index contributed by atoms with van der Waals surface area (Å²) in [5.74, 6) is 0.801. The maximum Gasteiger partial charge on any atom is 0.137 e. The van der Waals surface area contributed by atoms with E-state index in [-0.39, 0.29) is 0 Å². The largest absolute Gasteiger partial charge is 0.490 e. The molecular weight excluding hydrogens is 240 g/mol. The topological polar surface area (TPSA) is 43.4 Å². The van der Waals surface area contributed by atoms with Gasteiger partial charge in [-0.05, 0) is 31.5 Å². The fourth-order valence-electron chi connectivity index (χ4n) is 1.85. The van der Waals surface area contributed by atoms with Gasteiger partial charge in [-0.2, -0.15) is 0 Å². The summed E-state index contributed by atoms with van der Waals surface area (Å²) in [6, 6.07) is 4.33. The first-order valence-corrected chi connectivity index (χ1v) is 7.21. The number of rotatable bonds is 10. The van der Waals surface area contributed by atoms with E-state index in [2.05, 4.69) is 31.1 Å². The van der Waals surface area contributed by atoms with Gasteiger partial charge in [-0.3, -0.25) is 4.98 Å². The third kappa shape index (κ3) is 6.03.